The lowest BCUT2D eigenvalue weighted by Crippen LogP contribution is -2.34. The highest BCUT2D eigenvalue weighted by Gasteiger charge is 2.14. The van der Waals surface area contributed by atoms with Crippen LogP contribution >= 0.6 is 0 Å². The Morgan fingerprint density at radius 2 is 2.37 bits per heavy atom. The van der Waals surface area contributed by atoms with E-state index < -0.39 is 0 Å². The second-order valence-electron chi connectivity index (χ2n) is 5.13. The maximum absolute atomic E-state index is 5.76. The minimum atomic E-state index is 0.623. The Balaban J connectivity index is 1.67. The smallest absolute Gasteiger partial charge is 0.195 e. The Hall–Kier alpha value is -1.55. The summed E-state index contributed by atoms with van der Waals surface area (Å²) in [6.45, 7) is 1.15. The number of hydrogen-bond donors (Lipinski definition) is 1. The first-order valence-electron chi connectivity index (χ1n) is 7.02. The zero-order valence-electron chi connectivity index (χ0n) is 11.3. The molecule has 1 aliphatic heterocycles. The van der Waals surface area contributed by atoms with E-state index in [1.54, 1.807) is 7.11 Å². The molecule has 1 aromatic heterocycles. The van der Waals surface area contributed by atoms with Gasteiger partial charge in [0.15, 0.2) is 11.5 Å². The Morgan fingerprint density at radius 3 is 3.16 bits per heavy atom. The summed E-state index contributed by atoms with van der Waals surface area (Å²) >= 11 is 0. The summed E-state index contributed by atoms with van der Waals surface area (Å²) in [6.07, 6.45) is 5.91. The number of ether oxygens (including phenoxy) is 1. The molecule has 0 spiro atoms. The fourth-order valence-electron chi connectivity index (χ4n) is 2.66. The number of fused-ring (bicyclic) bond motifs is 1. The van der Waals surface area contributed by atoms with Crippen LogP contribution in [0.2, 0.25) is 0 Å². The molecule has 1 aliphatic rings. The Kier molecular flexibility index (Phi) is 3.69. The van der Waals surface area contributed by atoms with Gasteiger partial charge in [-0.15, -0.1) is 0 Å². The van der Waals surface area contributed by atoms with Crippen molar-refractivity contribution >= 4 is 11.1 Å². The number of aryl methyl sites for hydroxylation is 1. The highest BCUT2D eigenvalue weighted by Crippen LogP contribution is 2.22. The standard InChI is InChI=1S/C15H20N2O2/c1-18-12-6-7-14-13(10-12)17-15(19-14)8-5-11-4-2-3-9-16-11/h6-7,10-11,16H,2-5,8-9H2,1H3. The topological polar surface area (TPSA) is 47.3 Å². The largest absolute Gasteiger partial charge is 0.497 e. The van der Waals surface area contributed by atoms with Crippen LogP contribution in [0.4, 0.5) is 0 Å². The summed E-state index contributed by atoms with van der Waals surface area (Å²) in [6, 6.07) is 6.36. The minimum Gasteiger partial charge on any atom is -0.497 e. The molecule has 4 nitrogen and oxygen atoms in total. The number of hydrogen-bond acceptors (Lipinski definition) is 4. The zero-order chi connectivity index (χ0) is 13.1. The van der Waals surface area contributed by atoms with Crippen LogP contribution in [0.5, 0.6) is 5.75 Å². The Morgan fingerprint density at radius 1 is 1.42 bits per heavy atom. The van der Waals surface area contributed by atoms with Gasteiger partial charge in [-0.05, 0) is 37.9 Å². The number of nitrogens with zero attached hydrogens (tertiary/aromatic N) is 1. The van der Waals surface area contributed by atoms with E-state index in [-0.39, 0.29) is 0 Å². The molecule has 1 unspecified atom stereocenters. The van der Waals surface area contributed by atoms with Crippen LogP contribution in [-0.2, 0) is 6.42 Å². The number of rotatable bonds is 4. The fourth-order valence-corrected chi connectivity index (χ4v) is 2.66. The number of oxazole rings is 1. The van der Waals surface area contributed by atoms with E-state index in [0.717, 1.165) is 42.1 Å². The van der Waals surface area contributed by atoms with Crippen LogP contribution in [-0.4, -0.2) is 24.7 Å². The number of piperidine rings is 1. The van der Waals surface area contributed by atoms with Crippen LogP contribution in [0, 0.1) is 0 Å². The van der Waals surface area contributed by atoms with Crippen LogP contribution in [0.15, 0.2) is 22.6 Å². The van der Waals surface area contributed by atoms with Gasteiger partial charge in [0.2, 0.25) is 0 Å². The van der Waals surface area contributed by atoms with E-state index in [9.17, 15) is 0 Å². The first-order valence-corrected chi connectivity index (χ1v) is 7.02. The van der Waals surface area contributed by atoms with E-state index in [1.807, 2.05) is 18.2 Å². The molecule has 0 amide bonds. The molecule has 1 atom stereocenters. The molecule has 2 aromatic rings. The molecule has 19 heavy (non-hydrogen) atoms. The van der Waals surface area contributed by atoms with Crippen molar-refractivity contribution in [3.05, 3.63) is 24.1 Å². The van der Waals surface area contributed by atoms with Gasteiger partial charge >= 0.3 is 0 Å². The van der Waals surface area contributed by atoms with E-state index in [4.69, 9.17) is 9.15 Å². The van der Waals surface area contributed by atoms with Crippen molar-refractivity contribution in [1.29, 1.82) is 0 Å². The quantitative estimate of drug-likeness (QED) is 0.918. The monoisotopic (exact) mass is 260 g/mol. The summed E-state index contributed by atoms with van der Waals surface area (Å²) in [5.41, 5.74) is 1.72. The number of methoxy groups -OCH3 is 1. The van der Waals surface area contributed by atoms with Crippen molar-refractivity contribution in [2.24, 2.45) is 0 Å². The van der Waals surface area contributed by atoms with Crippen LogP contribution in [0.25, 0.3) is 11.1 Å². The van der Waals surface area contributed by atoms with Crippen LogP contribution < -0.4 is 10.1 Å². The van der Waals surface area contributed by atoms with Gasteiger partial charge in [0.05, 0.1) is 7.11 Å². The lowest BCUT2D eigenvalue weighted by molar-refractivity contribution is 0.371. The highest BCUT2D eigenvalue weighted by atomic mass is 16.5. The van der Waals surface area contributed by atoms with Crippen molar-refractivity contribution in [3.8, 4) is 5.75 Å². The molecule has 0 aliphatic carbocycles. The molecule has 3 rings (SSSR count). The summed E-state index contributed by atoms with van der Waals surface area (Å²) in [7, 11) is 1.66. The van der Waals surface area contributed by atoms with Crippen LogP contribution in [0.3, 0.4) is 0 Å². The average molecular weight is 260 g/mol. The molecular weight excluding hydrogens is 240 g/mol. The second-order valence-corrected chi connectivity index (χ2v) is 5.13. The van der Waals surface area contributed by atoms with Crippen molar-refractivity contribution in [3.63, 3.8) is 0 Å². The highest BCUT2D eigenvalue weighted by molar-refractivity contribution is 5.74. The van der Waals surface area contributed by atoms with Gasteiger partial charge < -0.3 is 14.5 Å². The summed E-state index contributed by atoms with van der Waals surface area (Å²) in [4.78, 5) is 4.53. The number of aromatic nitrogens is 1. The fraction of sp³-hybridized carbons (Fsp3) is 0.533. The Bertz CT molecular complexity index is 544. The molecule has 0 bridgehead atoms. The SMILES string of the molecule is COc1ccc2oc(CCC3CCCCN3)nc2c1. The third-order valence-electron chi connectivity index (χ3n) is 3.76. The van der Waals surface area contributed by atoms with E-state index >= 15 is 0 Å². The second kappa shape index (κ2) is 5.61. The molecule has 2 heterocycles. The average Bonchev–Trinajstić information content (AvgIpc) is 2.88. The van der Waals surface area contributed by atoms with Gasteiger partial charge in [-0.3, -0.25) is 0 Å². The van der Waals surface area contributed by atoms with E-state index in [2.05, 4.69) is 10.3 Å². The van der Waals surface area contributed by atoms with Gasteiger partial charge in [0.1, 0.15) is 11.3 Å². The van der Waals surface area contributed by atoms with E-state index in [0.29, 0.717) is 6.04 Å². The predicted molar refractivity (Wildman–Crippen MR) is 74.5 cm³/mol. The molecule has 1 saturated heterocycles. The van der Waals surface area contributed by atoms with E-state index in [1.165, 1.54) is 19.3 Å². The van der Waals surface area contributed by atoms with Gasteiger partial charge in [-0.25, -0.2) is 4.98 Å². The molecule has 0 radical (unpaired) electrons. The third kappa shape index (κ3) is 2.89. The van der Waals surface area contributed by atoms with Crippen LogP contribution in [0.1, 0.15) is 31.6 Å². The lowest BCUT2D eigenvalue weighted by atomic mass is 10.0. The molecule has 1 aromatic carbocycles. The van der Waals surface area contributed by atoms with Gasteiger partial charge in [0.25, 0.3) is 0 Å². The normalized spacial score (nSPS) is 19.7. The molecule has 102 valence electrons. The zero-order valence-corrected chi connectivity index (χ0v) is 11.3. The maximum atomic E-state index is 5.76. The summed E-state index contributed by atoms with van der Waals surface area (Å²) in [5.74, 6) is 1.65. The van der Waals surface area contributed by atoms with Crippen molar-refractivity contribution < 1.29 is 9.15 Å². The molecular formula is C15H20N2O2. The molecule has 4 heteroatoms. The summed E-state index contributed by atoms with van der Waals surface area (Å²) < 4.78 is 11.0. The Labute approximate surface area is 113 Å². The van der Waals surface area contributed by atoms with Crippen molar-refractivity contribution in [1.82, 2.24) is 10.3 Å². The lowest BCUT2D eigenvalue weighted by Gasteiger charge is -2.22. The number of benzene rings is 1. The first-order chi connectivity index (χ1) is 9.35. The third-order valence-corrected chi connectivity index (χ3v) is 3.76. The van der Waals surface area contributed by atoms with Gasteiger partial charge in [-0.2, -0.15) is 0 Å². The minimum absolute atomic E-state index is 0.623. The van der Waals surface area contributed by atoms with Gasteiger partial charge in [0, 0.05) is 18.5 Å². The molecule has 0 saturated carbocycles. The summed E-state index contributed by atoms with van der Waals surface area (Å²) in [5, 5.41) is 3.55. The van der Waals surface area contributed by atoms with Crippen molar-refractivity contribution in [2.45, 2.75) is 38.1 Å². The number of nitrogens with one attached hydrogen (secondary N) is 1. The van der Waals surface area contributed by atoms with Gasteiger partial charge in [-0.1, -0.05) is 6.42 Å². The predicted octanol–water partition coefficient (Wildman–Crippen LogP) is 2.91. The maximum Gasteiger partial charge on any atom is 0.195 e. The molecule has 1 N–H and O–H groups in total. The van der Waals surface area contributed by atoms with Crippen molar-refractivity contribution in [2.75, 3.05) is 13.7 Å². The molecule has 1 fully saturated rings. The first kappa shape index (κ1) is 12.5.